The van der Waals surface area contributed by atoms with E-state index in [1.165, 1.54) is 0 Å². The van der Waals surface area contributed by atoms with Gasteiger partial charge in [0, 0.05) is 18.2 Å². The molecule has 1 aromatic carbocycles. The minimum Gasteiger partial charge on any atom is -0.497 e. The summed E-state index contributed by atoms with van der Waals surface area (Å²) < 4.78 is 10.4. The summed E-state index contributed by atoms with van der Waals surface area (Å²) in [5.74, 6) is 2.06. The number of carbonyl (C=O) groups is 1. The zero-order valence-corrected chi connectivity index (χ0v) is 15.1. The number of benzene rings is 1. The summed E-state index contributed by atoms with van der Waals surface area (Å²) in [6, 6.07) is 11.2. The van der Waals surface area contributed by atoms with Gasteiger partial charge in [0.05, 0.1) is 25.5 Å². The molecule has 7 heteroatoms. The molecule has 0 radical (unpaired) electrons. The number of rotatable bonds is 9. The first kappa shape index (κ1) is 18.8. The van der Waals surface area contributed by atoms with Crippen molar-refractivity contribution in [1.82, 2.24) is 10.4 Å². The molecule has 0 saturated heterocycles. The predicted molar refractivity (Wildman–Crippen MR) is 99.5 cm³/mol. The second-order valence-corrected chi connectivity index (χ2v) is 6.14. The third-order valence-electron chi connectivity index (χ3n) is 3.27. The molecule has 2 aromatic rings. The Balaban J connectivity index is 1.75. The number of aromatic nitrogens is 1. The fourth-order valence-corrected chi connectivity index (χ4v) is 2.82. The molecule has 0 spiro atoms. The van der Waals surface area contributed by atoms with Crippen LogP contribution < -0.4 is 14.9 Å². The third kappa shape index (κ3) is 6.46. The molecule has 6 nitrogen and oxygen atoms in total. The summed E-state index contributed by atoms with van der Waals surface area (Å²) in [5, 5.41) is 4.95. The molecule has 0 aliphatic carbocycles. The van der Waals surface area contributed by atoms with E-state index in [9.17, 15) is 4.79 Å². The topological polar surface area (TPSA) is 72.8 Å². The van der Waals surface area contributed by atoms with Crippen LogP contribution in [-0.2, 0) is 4.79 Å². The molecule has 2 rings (SSSR count). The number of ether oxygens (including phenoxy) is 2. The Morgan fingerprint density at radius 2 is 2.16 bits per heavy atom. The van der Waals surface area contributed by atoms with Gasteiger partial charge in [-0.25, -0.2) is 10.4 Å². The molecule has 1 amide bonds. The highest BCUT2D eigenvalue weighted by Crippen LogP contribution is 2.22. The van der Waals surface area contributed by atoms with Gasteiger partial charge in [-0.3, -0.25) is 4.79 Å². The van der Waals surface area contributed by atoms with E-state index < -0.39 is 0 Å². The average Bonchev–Trinajstić information content (AvgIpc) is 2.66. The number of hydrogen-bond acceptors (Lipinski definition) is 6. The van der Waals surface area contributed by atoms with Crippen LogP contribution in [0.15, 0.2) is 52.7 Å². The Labute approximate surface area is 151 Å². The average molecular weight is 359 g/mol. The van der Waals surface area contributed by atoms with Crippen LogP contribution in [0.5, 0.6) is 11.5 Å². The lowest BCUT2D eigenvalue weighted by atomic mass is 10.2. The molecule has 25 heavy (non-hydrogen) atoms. The van der Waals surface area contributed by atoms with Gasteiger partial charge < -0.3 is 9.47 Å². The van der Waals surface area contributed by atoms with E-state index in [1.807, 2.05) is 18.2 Å². The molecule has 0 aliphatic rings. The van der Waals surface area contributed by atoms with Gasteiger partial charge in [-0.15, -0.1) is 11.8 Å². The van der Waals surface area contributed by atoms with Gasteiger partial charge in [-0.2, -0.15) is 5.10 Å². The van der Waals surface area contributed by atoms with E-state index in [4.69, 9.17) is 9.47 Å². The Bertz CT molecular complexity index is 708. The van der Waals surface area contributed by atoms with Gasteiger partial charge in [0.25, 0.3) is 0 Å². The van der Waals surface area contributed by atoms with Gasteiger partial charge in [-0.1, -0.05) is 6.07 Å². The molecule has 0 bridgehead atoms. The molecular formula is C18H21N3O3S. The van der Waals surface area contributed by atoms with E-state index >= 15 is 0 Å². The molecule has 1 heterocycles. The van der Waals surface area contributed by atoms with Crippen molar-refractivity contribution in [1.29, 1.82) is 0 Å². The standard InChI is InChI=1S/C18H21N3O3S/c1-23-15-8-9-16(24-2)14(12-15)13-20-21-17(22)6-5-11-25-18-7-3-4-10-19-18/h3-4,7-10,12-13H,5-6,11H2,1-2H3,(H,21,22)/b20-13+. The van der Waals surface area contributed by atoms with E-state index in [2.05, 4.69) is 15.5 Å². The Hall–Kier alpha value is -2.54. The monoisotopic (exact) mass is 359 g/mol. The van der Waals surface area contributed by atoms with Crippen LogP contribution in [0.25, 0.3) is 0 Å². The van der Waals surface area contributed by atoms with Gasteiger partial charge in [0.1, 0.15) is 11.5 Å². The summed E-state index contributed by atoms with van der Waals surface area (Å²) in [4.78, 5) is 16.0. The fraction of sp³-hybridized carbons (Fsp3) is 0.278. The number of nitrogens with one attached hydrogen (secondary N) is 1. The van der Waals surface area contributed by atoms with Gasteiger partial charge in [0.15, 0.2) is 0 Å². The number of nitrogens with zero attached hydrogens (tertiary/aromatic N) is 2. The summed E-state index contributed by atoms with van der Waals surface area (Å²) in [5.41, 5.74) is 3.26. The van der Waals surface area contributed by atoms with Crippen LogP contribution in [0.2, 0.25) is 0 Å². The number of amides is 1. The molecular weight excluding hydrogens is 338 g/mol. The van der Waals surface area contributed by atoms with Crippen LogP contribution >= 0.6 is 11.8 Å². The minimum atomic E-state index is -0.125. The zero-order valence-electron chi connectivity index (χ0n) is 14.3. The normalized spacial score (nSPS) is 10.6. The molecule has 1 aromatic heterocycles. The maximum atomic E-state index is 11.8. The molecule has 1 N–H and O–H groups in total. The van der Waals surface area contributed by atoms with Crippen LogP contribution in [0.4, 0.5) is 0 Å². The first-order valence-electron chi connectivity index (χ1n) is 7.80. The lowest BCUT2D eigenvalue weighted by molar-refractivity contribution is -0.121. The molecule has 0 atom stereocenters. The Kier molecular flexibility index (Phi) is 7.78. The van der Waals surface area contributed by atoms with Crippen LogP contribution in [0.1, 0.15) is 18.4 Å². The largest absolute Gasteiger partial charge is 0.497 e. The van der Waals surface area contributed by atoms with Crippen molar-refractivity contribution < 1.29 is 14.3 Å². The second-order valence-electron chi connectivity index (χ2n) is 5.02. The van der Waals surface area contributed by atoms with Crippen molar-refractivity contribution in [3.8, 4) is 11.5 Å². The van der Waals surface area contributed by atoms with Crippen molar-refractivity contribution in [3.63, 3.8) is 0 Å². The van der Waals surface area contributed by atoms with Gasteiger partial charge in [0.2, 0.25) is 5.91 Å². The molecule has 0 saturated carbocycles. The maximum absolute atomic E-state index is 11.8. The number of carbonyl (C=O) groups excluding carboxylic acids is 1. The van der Waals surface area contributed by atoms with Crippen molar-refractivity contribution in [2.45, 2.75) is 17.9 Å². The number of pyridine rings is 1. The molecule has 0 unspecified atom stereocenters. The highest BCUT2D eigenvalue weighted by atomic mass is 32.2. The number of hydrazone groups is 1. The van der Waals surface area contributed by atoms with E-state index in [0.29, 0.717) is 17.9 Å². The van der Waals surface area contributed by atoms with Crippen molar-refractivity contribution in [2.75, 3.05) is 20.0 Å². The van der Waals surface area contributed by atoms with Gasteiger partial charge >= 0.3 is 0 Å². The summed E-state index contributed by atoms with van der Waals surface area (Å²) in [6.07, 6.45) is 4.47. The van der Waals surface area contributed by atoms with Gasteiger partial charge in [-0.05, 0) is 42.5 Å². The van der Waals surface area contributed by atoms with Crippen LogP contribution in [0, 0.1) is 0 Å². The highest BCUT2D eigenvalue weighted by molar-refractivity contribution is 7.99. The lowest BCUT2D eigenvalue weighted by Gasteiger charge is -2.06. The second kappa shape index (κ2) is 10.4. The summed E-state index contributed by atoms with van der Waals surface area (Å²) in [7, 11) is 3.17. The van der Waals surface area contributed by atoms with Crippen LogP contribution in [0.3, 0.4) is 0 Å². The summed E-state index contributed by atoms with van der Waals surface area (Å²) >= 11 is 1.63. The fourth-order valence-electron chi connectivity index (χ4n) is 2.01. The van der Waals surface area contributed by atoms with Crippen molar-refractivity contribution >= 4 is 23.9 Å². The third-order valence-corrected chi connectivity index (χ3v) is 4.30. The minimum absolute atomic E-state index is 0.125. The molecule has 0 aliphatic heterocycles. The maximum Gasteiger partial charge on any atom is 0.240 e. The van der Waals surface area contributed by atoms with E-state index in [-0.39, 0.29) is 5.91 Å². The quantitative estimate of drug-likeness (QED) is 0.322. The first-order chi connectivity index (χ1) is 12.2. The van der Waals surface area contributed by atoms with Crippen LogP contribution in [-0.4, -0.2) is 37.1 Å². The number of thioether (sulfide) groups is 1. The first-order valence-corrected chi connectivity index (χ1v) is 8.79. The van der Waals surface area contributed by atoms with E-state index in [0.717, 1.165) is 22.8 Å². The van der Waals surface area contributed by atoms with Crippen molar-refractivity contribution in [3.05, 3.63) is 48.2 Å². The lowest BCUT2D eigenvalue weighted by Crippen LogP contribution is -2.17. The summed E-state index contributed by atoms with van der Waals surface area (Å²) in [6.45, 7) is 0. The zero-order chi connectivity index (χ0) is 17.9. The predicted octanol–water partition coefficient (Wildman–Crippen LogP) is 3.12. The smallest absolute Gasteiger partial charge is 0.240 e. The van der Waals surface area contributed by atoms with Crippen molar-refractivity contribution in [2.24, 2.45) is 5.10 Å². The number of methoxy groups -OCH3 is 2. The SMILES string of the molecule is COc1ccc(OC)c(/C=N/NC(=O)CCCSc2ccccn2)c1. The highest BCUT2D eigenvalue weighted by Gasteiger charge is 2.04. The Morgan fingerprint density at radius 1 is 1.28 bits per heavy atom. The Morgan fingerprint density at radius 3 is 2.88 bits per heavy atom. The van der Waals surface area contributed by atoms with E-state index in [1.54, 1.807) is 56.6 Å². The molecule has 132 valence electrons. The number of hydrogen-bond donors (Lipinski definition) is 1. The molecule has 0 fully saturated rings.